The van der Waals surface area contributed by atoms with E-state index in [-0.39, 0.29) is 4.90 Å². The average molecular weight is 252 g/mol. The van der Waals surface area contributed by atoms with E-state index in [1.54, 1.807) is 33.0 Å². The minimum absolute atomic E-state index is 0.194. The molecular formula is C12H16N2O2S. The highest BCUT2D eigenvalue weighted by atomic mass is 32.2. The Morgan fingerprint density at radius 2 is 1.76 bits per heavy atom. The Kier molecular flexibility index (Phi) is 3.81. The van der Waals surface area contributed by atoms with Crippen LogP contribution in [0.3, 0.4) is 0 Å². The third kappa shape index (κ3) is 3.48. The molecule has 2 N–H and O–H groups in total. The average Bonchev–Trinajstić information content (AvgIpc) is 2.28. The summed E-state index contributed by atoms with van der Waals surface area (Å²) in [6.45, 7) is 3.26. The summed E-state index contributed by atoms with van der Waals surface area (Å²) in [6, 6.07) is 6.44. The topological polar surface area (TPSA) is 58.2 Å². The SMILES string of the molecule is C#CC(C)(C)NS(=O)(=O)c1ccc(NC)cc1. The molecule has 0 radical (unpaired) electrons. The molecule has 0 saturated heterocycles. The molecule has 92 valence electrons. The zero-order valence-corrected chi connectivity index (χ0v) is 10.9. The summed E-state index contributed by atoms with van der Waals surface area (Å²) < 4.78 is 26.4. The molecule has 0 aromatic heterocycles. The molecule has 0 aliphatic heterocycles. The fraction of sp³-hybridized carbons (Fsp3) is 0.333. The van der Waals surface area contributed by atoms with Crippen molar-refractivity contribution < 1.29 is 8.42 Å². The van der Waals surface area contributed by atoms with Crippen LogP contribution in [-0.4, -0.2) is 21.0 Å². The van der Waals surface area contributed by atoms with E-state index in [1.165, 1.54) is 12.1 Å². The summed E-state index contributed by atoms with van der Waals surface area (Å²) >= 11 is 0. The van der Waals surface area contributed by atoms with Crippen molar-refractivity contribution in [3.8, 4) is 12.3 Å². The second kappa shape index (κ2) is 4.78. The third-order valence-electron chi connectivity index (χ3n) is 2.20. The number of hydrogen-bond donors (Lipinski definition) is 2. The first-order valence-corrected chi connectivity index (χ1v) is 6.58. The maximum atomic E-state index is 12.0. The van der Waals surface area contributed by atoms with Crippen molar-refractivity contribution in [1.82, 2.24) is 4.72 Å². The van der Waals surface area contributed by atoms with Crippen molar-refractivity contribution in [3.05, 3.63) is 24.3 Å². The van der Waals surface area contributed by atoms with Crippen LogP contribution in [-0.2, 0) is 10.0 Å². The van der Waals surface area contributed by atoms with E-state index in [1.807, 2.05) is 0 Å². The van der Waals surface area contributed by atoms with Crippen molar-refractivity contribution in [2.45, 2.75) is 24.3 Å². The van der Waals surface area contributed by atoms with Gasteiger partial charge in [-0.05, 0) is 38.1 Å². The summed E-state index contributed by atoms with van der Waals surface area (Å²) in [6.07, 6.45) is 5.25. The van der Waals surface area contributed by atoms with E-state index < -0.39 is 15.6 Å². The van der Waals surface area contributed by atoms with Gasteiger partial charge in [-0.1, -0.05) is 5.92 Å². The first-order valence-electron chi connectivity index (χ1n) is 5.10. The normalized spacial score (nSPS) is 11.9. The van der Waals surface area contributed by atoms with Gasteiger partial charge in [-0.3, -0.25) is 0 Å². The van der Waals surface area contributed by atoms with E-state index in [4.69, 9.17) is 6.42 Å². The van der Waals surface area contributed by atoms with Gasteiger partial charge >= 0.3 is 0 Å². The summed E-state index contributed by atoms with van der Waals surface area (Å²) in [5.41, 5.74) is -0.0549. The van der Waals surface area contributed by atoms with Gasteiger partial charge in [0.1, 0.15) is 0 Å². The number of nitrogens with one attached hydrogen (secondary N) is 2. The van der Waals surface area contributed by atoms with Crippen molar-refractivity contribution in [3.63, 3.8) is 0 Å². The standard InChI is InChI=1S/C12H16N2O2S/c1-5-12(2,3)14-17(15,16)11-8-6-10(13-4)7-9-11/h1,6-9,13-14H,2-4H3. The Hall–Kier alpha value is -1.51. The summed E-state index contributed by atoms with van der Waals surface area (Å²) in [4.78, 5) is 0.194. The van der Waals surface area contributed by atoms with Crippen LogP contribution in [0.4, 0.5) is 5.69 Å². The van der Waals surface area contributed by atoms with Crippen molar-refractivity contribution in [1.29, 1.82) is 0 Å². The molecule has 0 aliphatic rings. The molecule has 0 atom stereocenters. The molecule has 17 heavy (non-hydrogen) atoms. The summed E-state index contributed by atoms with van der Waals surface area (Å²) in [5.74, 6) is 2.39. The van der Waals surface area contributed by atoms with Crippen LogP contribution in [0, 0.1) is 12.3 Å². The Bertz CT molecular complexity index is 525. The molecule has 0 spiro atoms. The number of rotatable bonds is 4. The zero-order valence-electron chi connectivity index (χ0n) is 10.1. The zero-order chi connectivity index (χ0) is 13.1. The Labute approximate surface area is 102 Å². The van der Waals surface area contributed by atoms with Gasteiger partial charge in [0.2, 0.25) is 10.0 Å². The van der Waals surface area contributed by atoms with E-state index in [0.717, 1.165) is 5.69 Å². The number of anilines is 1. The first kappa shape index (κ1) is 13.6. The largest absolute Gasteiger partial charge is 0.388 e. The predicted molar refractivity (Wildman–Crippen MR) is 69.2 cm³/mol. The lowest BCUT2D eigenvalue weighted by Crippen LogP contribution is -2.41. The Morgan fingerprint density at radius 3 is 2.18 bits per heavy atom. The third-order valence-corrected chi connectivity index (χ3v) is 3.88. The number of benzene rings is 1. The van der Waals surface area contributed by atoms with Crippen LogP contribution in [0.25, 0.3) is 0 Å². The molecule has 0 fully saturated rings. The molecule has 0 saturated carbocycles. The Morgan fingerprint density at radius 1 is 1.24 bits per heavy atom. The van der Waals surface area contributed by atoms with Crippen LogP contribution in [0.1, 0.15) is 13.8 Å². The van der Waals surface area contributed by atoms with Gasteiger partial charge in [0.25, 0.3) is 0 Å². The van der Waals surface area contributed by atoms with Gasteiger partial charge in [0.15, 0.2) is 0 Å². The number of hydrogen-bond acceptors (Lipinski definition) is 3. The van der Waals surface area contributed by atoms with Gasteiger partial charge in [0.05, 0.1) is 10.4 Å². The molecule has 1 rings (SSSR count). The molecule has 0 bridgehead atoms. The van der Waals surface area contributed by atoms with Gasteiger partial charge in [-0.2, -0.15) is 4.72 Å². The molecule has 0 heterocycles. The van der Waals surface area contributed by atoms with Gasteiger partial charge < -0.3 is 5.32 Å². The highest BCUT2D eigenvalue weighted by Crippen LogP contribution is 2.15. The molecular weight excluding hydrogens is 236 g/mol. The minimum atomic E-state index is -3.58. The highest BCUT2D eigenvalue weighted by Gasteiger charge is 2.23. The molecule has 5 heteroatoms. The maximum Gasteiger partial charge on any atom is 0.241 e. The van der Waals surface area contributed by atoms with Crippen LogP contribution in [0.5, 0.6) is 0 Å². The number of terminal acetylenes is 1. The summed E-state index contributed by atoms with van der Waals surface area (Å²) in [5, 5.41) is 2.92. The minimum Gasteiger partial charge on any atom is -0.388 e. The highest BCUT2D eigenvalue weighted by molar-refractivity contribution is 7.89. The fourth-order valence-electron chi connectivity index (χ4n) is 1.23. The predicted octanol–water partition coefficient (Wildman–Crippen LogP) is 1.42. The second-order valence-electron chi connectivity index (χ2n) is 4.15. The van der Waals surface area contributed by atoms with Crippen LogP contribution < -0.4 is 10.0 Å². The first-order chi connectivity index (χ1) is 7.80. The van der Waals surface area contributed by atoms with E-state index in [0.29, 0.717) is 0 Å². The summed E-state index contributed by atoms with van der Waals surface area (Å²) in [7, 11) is -1.81. The van der Waals surface area contributed by atoms with Crippen LogP contribution in [0.15, 0.2) is 29.2 Å². The lowest BCUT2D eigenvalue weighted by molar-refractivity contribution is 0.539. The van der Waals surface area contributed by atoms with Crippen LogP contribution in [0.2, 0.25) is 0 Å². The smallest absolute Gasteiger partial charge is 0.241 e. The maximum absolute atomic E-state index is 12.0. The van der Waals surface area contributed by atoms with Crippen molar-refractivity contribution in [2.75, 3.05) is 12.4 Å². The van der Waals surface area contributed by atoms with Crippen molar-refractivity contribution in [2.24, 2.45) is 0 Å². The monoisotopic (exact) mass is 252 g/mol. The lowest BCUT2D eigenvalue weighted by atomic mass is 10.1. The molecule has 0 unspecified atom stereocenters. The molecule has 0 aliphatic carbocycles. The molecule has 4 nitrogen and oxygen atoms in total. The fourth-order valence-corrected chi connectivity index (χ4v) is 2.57. The molecule has 1 aromatic carbocycles. The van der Waals surface area contributed by atoms with E-state index in [9.17, 15) is 8.42 Å². The van der Waals surface area contributed by atoms with Gasteiger partial charge in [0, 0.05) is 12.7 Å². The van der Waals surface area contributed by atoms with Crippen LogP contribution >= 0.6 is 0 Å². The van der Waals surface area contributed by atoms with Gasteiger partial charge in [-0.25, -0.2) is 8.42 Å². The number of sulfonamides is 1. The Balaban J connectivity index is 3.02. The van der Waals surface area contributed by atoms with E-state index >= 15 is 0 Å². The molecule has 1 aromatic rings. The lowest BCUT2D eigenvalue weighted by Gasteiger charge is -2.19. The molecule has 0 amide bonds. The second-order valence-corrected chi connectivity index (χ2v) is 5.83. The quantitative estimate of drug-likeness (QED) is 0.797. The van der Waals surface area contributed by atoms with E-state index in [2.05, 4.69) is 16.0 Å². The van der Waals surface area contributed by atoms with Gasteiger partial charge in [-0.15, -0.1) is 6.42 Å². The van der Waals surface area contributed by atoms with Crippen molar-refractivity contribution >= 4 is 15.7 Å².